The molecule has 6 heteroatoms. The van der Waals surface area contributed by atoms with Crippen molar-refractivity contribution in [2.24, 2.45) is 0 Å². The summed E-state index contributed by atoms with van der Waals surface area (Å²) < 4.78 is 1.93. The van der Waals surface area contributed by atoms with Gasteiger partial charge in [-0.05, 0) is 36.8 Å². The van der Waals surface area contributed by atoms with E-state index >= 15 is 0 Å². The van der Waals surface area contributed by atoms with E-state index in [2.05, 4.69) is 20.4 Å². The second-order valence-electron chi connectivity index (χ2n) is 5.86. The van der Waals surface area contributed by atoms with E-state index in [1.165, 1.54) is 0 Å². The molecule has 3 aromatic heterocycles. The average molecular weight is 330 g/mol. The average Bonchev–Trinajstić information content (AvgIpc) is 3.07. The molecule has 0 spiro atoms. The number of aromatic nitrogens is 5. The van der Waals surface area contributed by atoms with E-state index < -0.39 is 0 Å². The molecular formula is C19H18N6. The summed E-state index contributed by atoms with van der Waals surface area (Å²) in [5.41, 5.74) is 3.03. The Hall–Kier alpha value is -3.28. The summed E-state index contributed by atoms with van der Waals surface area (Å²) in [4.78, 5) is 13.5. The van der Waals surface area contributed by atoms with Gasteiger partial charge in [0.25, 0.3) is 0 Å². The number of para-hydroxylation sites is 1. The van der Waals surface area contributed by atoms with Crippen LogP contribution in [0.4, 0.5) is 5.82 Å². The number of nitrogens with one attached hydrogen (secondary N) is 1. The third kappa shape index (κ3) is 3.33. The van der Waals surface area contributed by atoms with Gasteiger partial charge in [0.1, 0.15) is 5.82 Å². The summed E-state index contributed by atoms with van der Waals surface area (Å²) in [6.07, 6.45) is 7.39. The Bertz CT molecular complexity index is 993. The number of hydrogen-bond acceptors (Lipinski definition) is 5. The van der Waals surface area contributed by atoms with Gasteiger partial charge in [0.15, 0.2) is 5.82 Å². The second-order valence-corrected chi connectivity index (χ2v) is 5.86. The van der Waals surface area contributed by atoms with Gasteiger partial charge in [-0.25, -0.2) is 9.97 Å². The predicted octanol–water partition coefficient (Wildman–Crippen LogP) is 3.31. The molecule has 0 unspecified atom stereocenters. The molecule has 6 nitrogen and oxygen atoms in total. The van der Waals surface area contributed by atoms with Crippen LogP contribution < -0.4 is 5.32 Å². The lowest BCUT2D eigenvalue weighted by Gasteiger charge is -2.11. The summed E-state index contributed by atoms with van der Waals surface area (Å²) in [6, 6.07) is 11.9. The molecule has 0 saturated heterocycles. The Morgan fingerprint density at radius 1 is 1.04 bits per heavy atom. The summed E-state index contributed by atoms with van der Waals surface area (Å²) in [6.45, 7) is 3.55. The molecule has 0 radical (unpaired) electrons. The molecule has 0 aliphatic carbocycles. The molecule has 0 amide bonds. The number of anilines is 1. The van der Waals surface area contributed by atoms with E-state index in [9.17, 15) is 0 Å². The lowest BCUT2D eigenvalue weighted by molar-refractivity contribution is 0.637. The highest BCUT2D eigenvalue weighted by Crippen LogP contribution is 2.24. The van der Waals surface area contributed by atoms with Gasteiger partial charge in [-0.1, -0.05) is 12.1 Å². The molecule has 3 heterocycles. The fourth-order valence-electron chi connectivity index (χ4n) is 2.72. The van der Waals surface area contributed by atoms with Gasteiger partial charge in [-0.3, -0.25) is 9.67 Å². The van der Waals surface area contributed by atoms with Crippen molar-refractivity contribution in [3.63, 3.8) is 0 Å². The Labute approximate surface area is 145 Å². The summed E-state index contributed by atoms with van der Waals surface area (Å²) >= 11 is 0. The minimum absolute atomic E-state index is 0.693. The first kappa shape index (κ1) is 15.3. The quantitative estimate of drug-likeness (QED) is 0.608. The maximum absolute atomic E-state index is 4.73. The zero-order valence-corrected chi connectivity index (χ0v) is 13.9. The van der Waals surface area contributed by atoms with E-state index in [-0.39, 0.29) is 0 Å². The number of benzene rings is 1. The highest BCUT2D eigenvalue weighted by molar-refractivity contribution is 5.90. The van der Waals surface area contributed by atoms with Crippen LogP contribution in [0.1, 0.15) is 5.56 Å². The maximum atomic E-state index is 4.73. The van der Waals surface area contributed by atoms with Gasteiger partial charge in [0.2, 0.25) is 0 Å². The molecule has 124 valence electrons. The molecule has 0 fully saturated rings. The Balaban J connectivity index is 1.64. The third-order valence-electron chi connectivity index (χ3n) is 3.94. The van der Waals surface area contributed by atoms with E-state index in [0.717, 1.165) is 40.9 Å². The number of nitrogens with zero attached hydrogens (tertiary/aromatic N) is 5. The van der Waals surface area contributed by atoms with Gasteiger partial charge >= 0.3 is 0 Å². The molecule has 0 aliphatic rings. The minimum Gasteiger partial charge on any atom is -0.368 e. The number of pyridine rings is 1. The summed E-state index contributed by atoms with van der Waals surface area (Å²) in [5, 5.41) is 8.75. The zero-order chi connectivity index (χ0) is 17.1. The SMILES string of the molecule is Cc1cnn(CCNc2nc(-c3ccncc3)nc3ccccc23)c1. The fraction of sp³-hybridized carbons (Fsp3) is 0.158. The lowest BCUT2D eigenvalue weighted by Crippen LogP contribution is -2.12. The Morgan fingerprint density at radius 3 is 2.68 bits per heavy atom. The van der Waals surface area contributed by atoms with Crippen molar-refractivity contribution >= 4 is 16.7 Å². The zero-order valence-electron chi connectivity index (χ0n) is 13.9. The predicted molar refractivity (Wildman–Crippen MR) is 98.2 cm³/mol. The van der Waals surface area contributed by atoms with Crippen LogP contribution >= 0.6 is 0 Å². The largest absolute Gasteiger partial charge is 0.368 e. The molecular weight excluding hydrogens is 312 g/mol. The molecule has 0 aliphatic heterocycles. The van der Waals surface area contributed by atoms with Gasteiger partial charge in [0.05, 0.1) is 18.3 Å². The monoisotopic (exact) mass is 330 g/mol. The van der Waals surface area contributed by atoms with Crippen molar-refractivity contribution in [2.45, 2.75) is 13.5 Å². The smallest absolute Gasteiger partial charge is 0.162 e. The van der Waals surface area contributed by atoms with Crippen molar-refractivity contribution in [2.75, 3.05) is 11.9 Å². The summed E-state index contributed by atoms with van der Waals surface area (Å²) in [7, 11) is 0. The van der Waals surface area contributed by atoms with Crippen LogP contribution in [0.25, 0.3) is 22.3 Å². The standard InChI is InChI=1S/C19H18N6/c1-14-12-22-25(13-14)11-10-21-19-16-4-2-3-5-17(16)23-18(24-19)15-6-8-20-9-7-15/h2-9,12-13H,10-11H2,1H3,(H,21,23,24). The first-order valence-electron chi connectivity index (χ1n) is 8.20. The highest BCUT2D eigenvalue weighted by Gasteiger charge is 2.09. The minimum atomic E-state index is 0.693. The molecule has 0 bridgehead atoms. The van der Waals surface area contributed by atoms with Crippen molar-refractivity contribution in [3.05, 3.63) is 66.7 Å². The molecule has 1 N–H and O–H groups in total. The maximum Gasteiger partial charge on any atom is 0.162 e. The summed E-state index contributed by atoms with van der Waals surface area (Å²) in [5.74, 6) is 1.53. The van der Waals surface area contributed by atoms with E-state index in [0.29, 0.717) is 5.82 Å². The van der Waals surface area contributed by atoms with Crippen LogP contribution in [0.3, 0.4) is 0 Å². The molecule has 0 saturated carbocycles. The van der Waals surface area contributed by atoms with E-state index in [4.69, 9.17) is 4.98 Å². The lowest BCUT2D eigenvalue weighted by atomic mass is 10.2. The first-order valence-corrected chi connectivity index (χ1v) is 8.20. The van der Waals surface area contributed by atoms with Crippen LogP contribution in [0.15, 0.2) is 61.2 Å². The molecule has 4 aromatic rings. The fourth-order valence-corrected chi connectivity index (χ4v) is 2.72. The normalized spacial score (nSPS) is 10.9. The van der Waals surface area contributed by atoms with E-state index in [1.807, 2.05) is 60.4 Å². The number of rotatable bonds is 5. The molecule has 4 rings (SSSR count). The van der Waals surface area contributed by atoms with Crippen LogP contribution in [0.2, 0.25) is 0 Å². The van der Waals surface area contributed by atoms with Crippen molar-refractivity contribution < 1.29 is 0 Å². The van der Waals surface area contributed by atoms with E-state index in [1.54, 1.807) is 12.4 Å². The third-order valence-corrected chi connectivity index (χ3v) is 3.94. The van der Waals surface area contributed by atoms with Gasteiger partial charge in [-0.15, -0.1) is 0 Å². The van der Waals surface area contributed by atoms with Gasteiger partial charge in [0, 0.05) is 36.1 Å². The van der Waals surface area contributed by atoms with Crippen molar-refractivity contribution in [1.29, 1.82) is 0 Å². The first-order chi connectivity index (χ1) is 12.3. The van der Waals surface area contributed by atoms with Crippen LogP contribution in [0.5, 0.6) is 0 Å². The van der Waals surface area contributed by atoms with Crippen molar-refractivity contribution in [3.8, 4) is 11.4 Å². The van der Waals surface area contributed by atoms with Gasteiger partial charge < -0.3 is 5.32 Å². The van der Waals surface area contributed by atoms with Crippen LogP contribution in [-0.2, 0) is 6.54 Å². The number of fused-ring (bicyclic) bond motifs is 1. The van der Waals surface area contributed by atoms with Crippen LogP contribution in [0, 0.1) is 6.92 Å². The highest BCUT2D eigenvalue weighted by atomic mass is 15.3. The molecule has 1 aromatic carbocycles. The Morgan fingerprint density at radius 2 is 1.88 bits per heavy atom. The topological polar surface area (TPSA) is 68.5 Å². The Kier molecular flexibility index (Phi) is 4.08. The number of hydrogen-bond donors (Lipinski definition) is 1. The van der Waals surface area contributed by atoms with Gasteiger partial charge in [-0.2, -0.15) is 5.10 Å². The number of aryl methyl sites for hydroxylation is 1. The molecule has 0 atom stereocenters. The molecule has 25 heavy (non-hydrogen) atoms. The van der Waals surface area contributed by atoms with Crippen molar-refractivity contribution in [1.82, 2.24) is 24.7 Å². The van der Waals surface area contributed by atoms with Crippen LogP contribution in [-0.4, -0.2) is 31.3 Å². The second kappa shape index (κ2) is 6.68.